The zero-order valence-corrected chi connectivity index (χ0v) is 28.4. The van der Waals surface area contributed by atoms with E-state index in [0.717, 1.165) is 22.6 Å². The van der Waals surface area contributed by atoms with Gasteiger partial charge in [-0.3, -0.25) is 9.59 Å². The van der Waals surface area contributed by atoms with Crippen molar-refractivity contribution >= 4 is 33.4 Å². The maximum absolute atomic E-state index is 12.4. The average Bonchev–Trinajstić information content (AvgIpc) is 3.00. The fraction of sp³-hybridized carbons (Fsp3) is 0.316. The van der Waals surface area contributed by atoms with Crippen LogP contribution in [0, 0.1) is 41.5 Å². The van der Waals surface area contributed by atoms with Gasteiger partial charge in [0.15, 0.2) is 0 Å². The molecular weight excluding hydrogens is 581 g/mol. The van der Waals surface area contributed by atoms with Crippen molar-refractivity contribution in [2.75, 3.05) is 11.5 Å². The highest BCUT2D eigenvalue weighted by molar-refractivity contribution is 8.76. The number of carbonyl (C=O) groups excluding carboxylic acids is 2. The third-order valence-electron chi connectivity index (χ3n) is 8.26. The van der Waals surface area contributed by atoms with E-state index in [9.17, 15) is 9.59 Å². The second kappa shape index (κ2) is 16.0. The summed E-state index contributed by atoms with van der Waals surface area (Å²) in [6, 6.07) is 25.7. The smallest absolute Gasteiger partial charge is 0.221 e. The Morgan fingerprint density at radius 2 is 0.932 bits per heavy atom. The highest BCUT2D eigenvalue weighted by Gasteiger charge is 2.10. The van der Waals surface area contributed by atoms with Gasteiger partial charge < -0.3 is 10.6 Å². The summed E-state index contributed by atoms with van der Waals surface area (Å²) in [4.78, 5) is 24.8. The Kier molecular flexibility index (Phi) is 12.2. The van der Waals surface area contributed by atoms with Gasteiger partial charge in [0.05, 0.1) is 0 Å². The van der Waals surface area contributed by atoms with Crippen molar-refractivity contribution in [3.05, 3.63) is 117 Å². The molecule has 0 heterocycles. The van der Waals surface area contributed by atoms with E-state index in [1.54, 1.807) is 21.6 Å². The molecule has 0 fully saturated rings. The van der Waals surface area contributed by atoms with Gasteiger partial charge in [0.1, 0.15) is 0 Å². The lowest BCUT2D eigenvalue weighted by Gasteiger charge is -2.13. The third-order valence-corrected chi connectivity index (χ3v) is 10.7. The number of benzene rings is 4. The van der Waals surface area contributed by atoms with Crippen LogP contribution in [0.25, 0.3) is 22.3 Å². The van der Waals surface area contributed by atoms with Crippen LogP contribution in [0.3, 0.4) is 0 Å². The van der Waals surface area contributed by atoms with Crippen molar-refractivity contribution in [2.24, 2.45) is 0 Å². The van der Waals surface area contributed by atoms with Crippen LogP contribution in [0.15, 0.2) is 72.8 Å². The van der Waals surface area contributed by atoms with E-state index in [-0.39, 0.29) is 11.8 Å². The summed E-state index contributed by atoms with van der Waals surface area (Å²) in [6.45, 7) is 13.9. The minimum atomic E-state index is 0.0472. The number of hydrogen-bond donors (Lipinski definition) is 2. The van der Waals surface area contributed by atoms with Gasteiger partial charge in [0.25, 0.3) is 0 Å². The topological polar surface area (TPSA) is 58.2 Å². The van der Waals surface area contributed by atoms with Crippen LogP contribution >= 0.6 is 21.6 Å². The number of rotatable bonds is 13. The van der Waals surface area contributed by atoms with E-state index >= 15 is 0 Å². The summed E-state index contributed by atoms with van der Waals surface area (Å²) in [5.74, 6) is 1.53. The molecule has 0 spiro atoms. The minimum absolute atomic E-state index is 0.0472. The summed E-state index contributed by atoms with van der Waals surface area (Å²) < 4.78 is 0. The lowest BCUT2D eigenvalue weighted by atomic mass is 9.93. The third kappa shape index (κ3) is 9.02. The fourth-order valence-electron chi connectivity index (χ4n) is 5.33. The number of amides is 2. The molecule has 4 aromatic carbocycles. The SMILES string of the molecule is Cc1cc(CNC(=O)CCSSCCC(=O)NCc2ccc(-c3cccc(C)c3C)c(C)c2)ccc1-c1cccc(C)c1C. The quantitative estimate of drug-likeness (QED) is 0.115. The lowest BCUT2D eigenvalue weighted by molar-refractivity contribution is -0.121. The molecule has 0 unspecified atom stereocenters. The predicted octanol–water partition coefficient (Wildman–Crippen LogP) is 8.97. The first-order chi connectivity index (χ1) is 21.1. The Balaban J connectivity index is 1.10. The van der Waals surface area contributed by atoms with Gasteiger partial charge >= 0.3 is 0 Å². The first-order valence-corrected chi connectivity index (χ1v) is 17.7. The molecule has 0 aliphatic carbocycles. The summed E-state index contributed by atoms with van der Waals surface area (Å²) >= 11 is 0. The van der Waals surface area contributed by atoms with Gasteiger partial charge in [-0.2, -0.15) is 0 Å². The molecule has 0 saturated carbocycles. The predicted molar refractivity (Wildman–Crippen MR) is 190 cm³/mol. The highest BCUT2D eigenvalue weighted by Crippen LogP contribution is 2.30. The normalized spacial score (nSPS) is 11.0. The van der Waals surface area contributed by atoms with Crippen molar-refractivity contribution in [3.8, 4) is 22.3 Å². The number of hydrogen-bond acceptors (Lipinski definition) is 4. The molecule has 6 heteroatoms. The average molecular weight is 625 g/mol. The largest absolute Gasteiger partial charge is 0.352 e. The molecule has 0 aliphatic heterocycles. The Bertz CT molecular complexity index is 1510. The van der Waals surface area contributed by atoms with E-state index in [1.807, 2.05) is 0 Å². The van der Waals surface area contributed by atoms with Gasteiger partial charge in [-0.25, -0.2) is 0 Å². The molecule has 44 heavy (non-hydrogen) atoms. The molecule has 0 saturated heterocycles. The number of aryl methyl sites for hydroxylation is 4. The molecular formula is C38H44N2O2S2. The maximum atomic E-state index is 12.4. The van der Waals surface area contributed by atoms with Gasteiger partial charge in [-0.15, -0.1) is 0 Å². The number of nitrogens with one attached hydrogen (secondary N) is 2. The molecule has 0 bridgehead atoms. The lowest BCUT2D eigenvalue weighted by Crippen LogP contribution is -2.23. The van der Waals surface area contributed by atoms with Gasteiger partial charge in [-0.1, -0.05) is 94.4 Å². The first-order valence-electron chi connectivity index (χ1n) is 15.2. The molecule has 0 radical (unpaired) electrons. The van der Waals surface area contributed by atoms with Crippen LogP contribution in [0.4, 0.5) is 0 Å². The second-order valence-corrected chi connectivity index (χ2v) is 14.2. The standard InChI is InChI=1S/C38H44N2O2S2/c1-25-9-7-11-35(29(25)5)33-15-13-31(21-27(33)3)23-39-37(41)17-19-43-44-20-18-38(42)40-24-32-14-16-34(28(4)22-32)36-12-8-10-26(2)30(36)6/h7-16,21-22H,17-20,23-24H2,1-6H3,(H,39,41)(H,40,42). The van der Waals surface area contributed by atoms with Crippen molar-refractivity contribution in [1.29, 1.82) is 0 Å². The summed E-state index contributed by atoms with van der Waals surface area (Å²) in [5, 5.41) is 6.09. The van der Waals surface area contributed by atoms with Crippen molar-refractivity contribution in [3.63, 3.8) is 0 Å². The zero-order valence-electron chi connectivity index (χ0n) is 26.8. The van der Waals surface area contributed by atoms with Crippen molar-refractivity contribution < 1.29 is 9.59 Å². The van der Waals surface area contributed by atoms with E-state index in [4.69, 9.17) is 0 Å². The molecule has 0 atom stereocenters. The summed E-state index contributed by atoms with van der Waals surface area (Å²) in [5.41, 5.74) is 14.8. The van der Waals surface area contributed by atoms with Gasteiger partial charge in [0, 0.05) is 37.4 Å². The fourth-order valence-corrected chi connectivity index (χ4v) is 7.31. The maximum Gasteiger partial charge on any atom is 0.221 e. The Hall–Kier alpha value is -3.48. The first kappa shape index (κ1) is 33.4. The Morgan fingerprint density at radius 1 is 0.523 bits per heavy atom. The summed E-state index contributed by atoms with van der Waals surface area (Å²) in [6.07, 6.45) is 0.918. The van der Waals surface area contributed by atoms with Crippen LogP contribution in [0.1, 0.15) is 57.3 Å². The second-order valence-electron chi connectivity index (χ2n) is 11.5. The van der Waals surface area contributed by atoms with Crippen LogP contribution in [0.5, 0.6) is 0 Å². The highest BCUT2D eigenvalue weighted by atomic mass is 33.1. The van der Waals surface area contributed by atoms with Crippen molar-refractivity contribution in [1.82, 2.24) is 10.6 Å². The molecule has 0 aliphatic rings. The van der Waals surface area contributed by atoms with Crippen LogP contribution in [-0.2, 0) is 22.7 Å². The van der Waals surface area contributed by atoms with E-state index in [2.05, 4.69) is 125 Å². The minimum Gasteiger partial charge on any atom is -0.352 e. The van der Waals surface area contributed by atoms with Crippen LogP contribution < -0.4 is 10.6 Å². The van der Waals surface area contributed by atoms with E-state index in [1.165, 1.54) is 55.6 Å². The molecule has 2 N–H and O–H groups in total. The van der Waals surface area contributed by atoms with Crippen molar-refractivity contribution in [2.45, 2.75) is 67.5 Å². The van der Waals surface area contributed by atoms with Gasteiger partial charge in [-0.05, 0) is 108 Å². The molecule has 4 aromatic rings. The zero-order chi connectivity index (χ0) is 31.6. The summed E-state index contributed by atoms with van der Waals surface area (Å²) in [7, 11) is 3.29. The van der Waals surface area contributed by atoms with Crippen LogP contribution in [-0.4, -0.2) is 23.3 Å². The Morgan fingerprint density at radius 3 is 1.32 bits per heavy atom. The monoisotopic (exact) mass is 624 g/mol. The Labute approximate surface area is 271 Å². The number of carbonyl (C=O) groups is 2. The van der Waals surface area contributed by atoms with E-state index < -0.39 is 0 Å². The molecule has 0 aromatic heterocycles. The molecule has 4 nitrogen and oxygen atoms in total. The molecule has 4 rings (SSSR count). The molecule has 230 valence electrons. The van der Waals surface area contributed by atoms with Crippen LogP contribution in [0.2, 0.25) is 0 Å². The molecule has 2 amide bonds. The van der Waals surface area contributed by atoms with Gasteiger partial charge in [0.2, 0.25) is 11.8 Å². The van der Waals surface area contributed by atoms with E-state index in [0.29, 0.717) is 25.9 Å².